The minimum atomic E-state index is -0.209. The fraction of sp³-hybridized carbons (Fsp3) is 0.182. The molecule has 2 rings (SSSR count). The zero-order chi connectivity index (χ0) is 10.7. The van der Waals surface area contributed by atoms with Crippen molar-refractivity contribution in [2.75, 3.05) is 5.32 Å². The van der Waals surface area contributed by atoms with E-state index >= 15 is 0 Å². The van der Waals surface area contributed by atoms with Crippen molar-refractivity contribution in [2.45, 2.75) is 13.5 Å². The van der Waals surface area contributed by atoms with Crippen LogP contribution in [-0.4, -0.2) is 4.98 Å². The second kappa shape index (κ2) is 4.40. The predicted octanol–water partition coefficient (Wildman–Crippen LogP) is 3.20. The summed E-state index contributed by atoms with van der Waals surface area (Å²) in [6, 6.07) is 5.17. The first-order valence-corrected chi connectivity index (χ1v) is 5.51. The van der Waals surface area contributed by atoms with Crippen molar-refractivity contribution in [3.63, 3.8) is 0 Å². The number of hydrogen-bond donors (Lipinski definition) is 1. The molecular weight excluding hydrogens is 211 g/mol. The van der Waals surface area contributed by atoms with Gasteiger partial charge in [0, 0.05) is 11.1 Å². The van der Waals surface area contributed by atoms with Crippen molar-refractivity contribution in [3.8, 4) is 0 Å². The molecule has 0 atom stereocenters. The molecule has 0 aliphatic heterocycles. The second-order valence-electron chi connectivity index (χ2n) is 3.30. The normalized spacial score (nSPS) is 10.3. The highest BCUT2D eigenvalue weighted by atomic mass is 32.1. The second-order valence-corrected chi connectivity index (χ2v) is 4.28. The molecule has 0 spiro atoms. The van der Waals surface area contributed by atoms with Crippen LogP contribution in [0.4, 0.5) is 10.1 Å². The number of anilines is 1. The summed E-state index contributed by atoms with van der Waals surface area (Å²) in [7, 11) is 0. The van der Waals surface area contributed by atoms with Crippen LogP contribution in [0.2, 0.25) is 0 Å². The Morgan fingerprint density at radius 1 is 1.47 bits per heavy atom. The number of thiazole rings is 1. The molecule has 2 nitrogen and oxygen atoms in total. The Morgan fingerprint density at radius 2 is 2.33 bits per heavy atom. The van der Waals surface area contributed by atoms with Crippen LogP contribution < -0.4 is 5.32 Å². The van der Waals surface area contributed by atoms with Gasteiger partial charge in [0.2, 0.25) is 0 Å². The van der Waals surface area contributed by atoms with Crippen LogP contribution in [0.15, 0.2) is 29.9 Å². The molecule has 0 saturated heterocycles. The number of hydrogen-bond acceptors (Lipinski definition) is 3. The predicted molar refractivity (Wildman–Crippen MR) is 60.6 cm³/mol. The molecule has 1 heterocycles. The Kier molecular flexibility index (Phi) is 2.97. The molecule has 1 aromatic carbocycles. The summed E-state index contributed by atoms with van der Waals surface area (Å²) in [5.41, 5.74) is 3.23. The van der Waals surface area contributed by atoms with Crippen LogP contribution in [0.3, 0.4) is 0 Å². The smallest absolute Gasteiger partial charge is 0.146 e. The first-order chi connectivity index (χ1) is 7.25. The molecule has 1 N–H and O–H groups in total. The van der Waals surface area contributed by atoms with E-state index in [2.05, 4.69) is 10.3 Å². The van der Waals surface area contributed by atoms with Gasteiger partial charge in [-0.2, -0.15) is 0 Å². The third-order valence-corrected chi connectivity index (χ3v) is 2.84. The van der Waals surface area contributed by atoms with Gasteiger partial charge in [-0.05, 0) is 24.6 Å². The Bertz CT molecular complexity index is 440. The Morgan fingerprint density at radius 3 is 3.00 bits per heavy atom. The molecule has 0 aliphatic rings. The zero-order valence-electron chi connectivity index (χ0n) is 8.33. The topological polar surface area (TPSA) is 24.9 Å². The summed E-state index contributed by atoms with van der Waals surface area (Å²) in [5, 5.41) is 3.04. The van der Waals surface area contributed by atoms with E-state index in [0.29, 0.717) is 12.2 Å². The molecule has 1 aromatic heterocycles. The van der Waals surface area contributed by atoms with Crippen molar-refractivity contribution in [2.24, 2.45) is 0 Å². The molecule has 15 heavy (non-hydrogen) atoms. The molecular formula is C11H11FN2S. The minimum absolute atomic E-state index is 0.209. The van der Waals surface area contributed by atoms with Gasteiger partial charge < -0.3 is 5.32 Å². The summed E-state index contributed by atoms with van der Waals surface area (Å²) in [5.74, 6) is -0.209. The zero-order valence-corrected chi connectivity index (χ0v) is 9.14. The maximum atomic E-state index is 13.4. The van der Waals surface area contributed by atoms with Crippen LogP contribution in [0.5, 0.6) is 0 Å². The largest absolute Gasteiger partial charge is 0.378 e. The highest BCUT2D eigenvalue weighted by Gasteiger charge is 2.01. The van der Waals surface area contributed by atoms with Crippen molar-refractivity contribution >= 4 is 17.0 Å². The number of benzene rings is 1. The number of halogens is 1. The fourth-order valence-electron chi connectivity index (χ4n) is 1.28. The van der Waals surface area contributed by atoms with Gasteiger partial charge in [0.15, 0.2) is 0 Å². The van der Waals surface area contributed by atoms with E-state index in [-0.39, 0.29) is 5.82 Å². The summed E-state index contributed by atoms with van der Waals surface area (Å²) in [6.45, 7) is 2.49. The molecule has 0 aliphatic carbocycles. The standard InChI is InChI=1S/C11H11FN2S/c1-8-2-3-11(10(12)4-8)14-6-9-5-13-7-15-9/h2-5,7,14H,6H2,1H3. The lowest BCUT2D eigenvalue weighted by Gasteiger charge is -2.06. The molecule has 2 aromatic rings. The van der Waals surface area contributed by atoms with E-state index in [1.165, 1.54) is 6.07 Å². The fourth-order valence-corrected chi connectivity index (χ4v) is 1.81. The summed E-state index contributed by atoms with van der Waals surface area (Å²) >= 11 is 1.56. The van der Waals surface area contributed by atoms with E-state index in [4.69, 9.17) is 0 Å². The lowest BCUT2D eigenvalue weighted by atomic mass is 10.2. The SMILES string of the molecule is Cc1ccc(NCc2cncs2)c(F)c1. The maximum absolute atomic E-state index is 13.4. The van der Waals surface area contributed by atoms with Crippen LogP contribution >= 0.6 is 11.3 Å². The van der Waals surface area contributed by atoms with E-state index in [1.54, 1.807) is 29.1 Å². The number of aromatic nitrogens is 1. The molecule has 0 fully saturated rings. The molecule has 0 saturated carbocycles. The first kappa shape index (κ1) is 10.1. The molecule has 4 heteroatoms. The van der Waals surface area contributed by atoms with Gasteiger partial charge in [0.1, 0.15) is 5.82 Å². The minimum Gasteiger partial charge on any atom is -0.378 e. The highest BCUT2D eigenvalue weighted by Crippen LogP contribution is 2.17. The molecule has 0 radical (unpaired) electrons. The van der Waals surface area contributed by atoms with E-state index in [9.17, 15) is 4.39 Å². The quantitative estimate of drug-likeness (QED) is 0.862. The molecule has 0 bridgehead atoms. The average Bonchev–Trinajstić information content (AvgIpc) is 2.69. The number of nitrogens with zero attached hydrogens (tertiary/aromatic N) is 1. The summed E-state index contributed by atoms with van der Waals surface area (Å²) < 4.78 is 13.4. The van der Waals surface area contributed by atoms with Crippen LogP contribution in [0, 0.1) is 12.7 Å². The van der Waals surface area contributed by atoms with Crippen molar-refractivity contribution in [1.29, 1.82) is 0 Å². The monoisotopic (exact) mass is 222 g/mol. The van der Waals surface area contributed by atoms with E-state index in [1.807, 2.05) is 13.0 Å². The lowest BCUT2D eigenvalue weighted by molar-refractivity contribution is 0.629. The van der Waals surface area contributed by atoms with Gasteiger partial charge in [-0.1, -0.05) is 6.07 Å². The number of nitrogens with one attached hydrogen (secondary N) is 1. The number of aryl methyl sites for hydroxylation is 1. The van der Waals surface area contributed by atoms with Crippen LogP contribution in [0.1, 0.15) is 10.4 Å². The Labute approximate surface area is 91.8 Å². The third-order valence-electron chi connectivity index (χ3n) is 2.06. The van der Waals surface area contributed by atoms with Crippen molar-refractivity contribution in [1.82, 2.24) is 4.98 Å². The Hall–Kier alpha value is -1.42. The lowest BCUT2D eigenvalue weighted by Crippen LogP contribution is -1.99. The first-order valence-electron chi connectivity index (χ1n) is 4.63. The van der Waals surface area contributed by atoms with Gasteiger partial charge in [-0.3, -0.25) is 4.98 Å². The molecule has 0 amide bonds. The summed E-state index contributed by atoms with van der Waals surface area (Å²) in [4.78, 5) is 5.05. The van der Waals surface area contributed by atoms with Crippen LogP contribution in [0.25, 0.3) is 0 Å². The number of rotatable bonds is 3. The average molecular weight is 222 g/mol. The van der Waals surface area contributed by atoms with E-state index in [0.717, 1.165) is 10.4 Å². The van der Waals surface area contributed by atoms with E-state index < -0.39 is 0 Å². The third kappa shape index (κ3) is 2.53. The van der Waals surface area contributed by atoms with Crippen molar-refractivity contribution < 1.29 is 4.39 Å². The molecule has 78 valence electrons. The molecule has 0 unspecified atom stereocenters. The maximum Gasteiger partial charge on any atom is 0.146 e. The van der Waals surface area contributed by atoms with Gasteiger partial charge >= 0.3 is 0 Å². The van der Waals surface area contributed by atoms with Gasteiger partial charge in [-0.25, -0.2) is 4.39 Å². The highest BCUT2D eigenvalue weighted by molar-refractivity contribution is 7.09. The van der Waals surface area contributed by atoms with Crippen molar-refractivity contribution in [3.05, 3.63) is 46.2 Å². The van der Waals surface area contributed by atoms with Crippen LogP contribution in [-0.2, 0) is 6.54 Å². The van der Waals surface area contributed by atoms with Gasteiger partial charge in [0.25, 0.3) is 0 Å². The Balaban J connectivity index is 2.05. The summed E-state index contributed by atoms with van der Waals surface area (Å²) in [6.07, 6.45) is 1.78. The van der Waals surface area contributed by atoms with Gasteiger partial charge in [0.05, 0.1) is 17.7 Å². The van der Waals surface area contributed by atoms with Gasteiger partial charge in [-0.15, -0.1) is 11.3 Å².